The maximum Gasteiger partial charge on any atom is 0.217 e. The third kappa shape index (κ3) is 1.97. The van der Waals surface area contributed by atoms with Gasteiger partial charge in [0.2, 0.25) is 5.91 Å². The average molecular weight is 233 g/mol. The van der Waals surface area contributed by atoms with Crippen LogP contribution in [0.3, 0.4) is 0 Å². The van der Waals surface area contributed by atoms with Gasteiger partial charge in [0.05, 0.1) is 4.88 Å². The number of aldehydes is 1. The van der Waals surface area contributed by atoms with Crippen LogP contribution in [0.5, 0.6) is 0 Å². The van der Waals surface area contributed by atoms with Crippen molar-refractivity contribution >= 4 is 33.6 Å². The van der Waals surface area contributed by atoms with Crippen molar-refractivity contribution in [3.05, 3.63) is 34.7 Å². The van der Waals surface area contributed by atoms with Crippen LogP contribution in [0, 0.1) is 0 Å². The molecule has 3 nitrogen and oxygen atoms in total. The smallest absolute Gasteiger partial charge is 0.217 e. The molecule has 0 spiro atoms. The lowest BCUT2D eigenvalue weighted by atomic mass is 10.1. The number of benzene rings is 1. The van der Waals surface area contributed by atoms with Crippen LogP contribution in [-0.4, -0.2) is 12.2 Å². The van der Waals surface area contributed by atoms with Crippen molar-refractivity contribution in [2.24, 2.45) is 5.73 Å². The number of nitrogens with two attached hydrogens (primary N) is 1. The highest BCUT2D eigenvalue weighted by molar-refractivity contribution is 7.20. The van der Waals surface area contributed by atoms with Crippen molar-refractivity contribution in [3.63, 3.8) is 0 Å². The second-order valence-corrected chi connectivity index (χ2v) is 4.61. The molecule has 0 saturated carbocycles. The summed E-state index contributed by atoms with van der Waals surface area (Å²) in [5, 5.41) is 1.05. The molecule has 82 valence electrons. The largest absolute Gasteiger partial charge is 0.370 e. The van der Waals surface area contributed by atoms with Crippen molar-refractivity contribution in [2.45, 2.75) is 12.8 Å². The van der Waals surface area contributed by atoms with E-state index in [9.17, 15) is 9.59 Å². The van der Waals surface area contributed by atoms with E-state index in [0.717, 1.165) is 21.9 Å². The second kappa shape index (κ2) is 4.45. The highest BCUT2D eigenvalue weighted by atomic mass is 32.1. The Morgan fingerprint density at radius 3 is 2.81 bits per heavy atom. The van der Waals surface area contributed by atoms with Gasteiger partial charge >= 0.3 is 0 Å². The lowest BCUT2D eigenvalue weighted by Gasteiger charge is -1.98. The molecule has 0 atom stereocenters. The first-order chi connectivity index (χ1) is 7.72. The summed E-state index contributed by atoms with van der Waals surface area (Å²) >= 11 is 1.46. The Morgan fingerprint density at radius 2 is 2.12 bits per heavy atom. The molecule has 0 radical (unpaired) electrons. The molecule has 0 unspecified atom stereocenters. The lowest BCUT2D eigenvalue weighted by Crippen LogP contribution is -2.11. The standard InChI is InChI=1S/C12H11NO2S/c13-12(15)6-5-9-8-3-1-2-4-10(8)16-11(9)7-14/h1-4,7H,5-6H2,(H2,13,15). The summed E-state index contributed by atoms with van der Waals surface area (Å²) in [5.41, 5.74) is 6.06. The molecule has 16 heavy (non-hydrogen) atoms. The van der Waals surface area contributed by atoms with Crippen molar-refractivity contribution in [3.8, 4) is 0 Å². The van der Waals surface area contributed by atoms with Gasteiger partial charge in [-0.2, -0.15) is 0 Å². The maximum atomic E-state index is 10.9. The molecular weight excluding hydrogens is 222 g/mol. The number of rotatable bonds is 4. The van der Waals surface area contributed by atoms with E-state index >= 15 is 0 Å². The van der Waals surface area contributed by atoms with E-state index in [1.54, 1.807) is 0 Å². The van der Waals surface area contributed by atoms with Gasteiger partial charge in [-0.15, -0.1) is 11.3 Å². The zero-order chi connectivity index (χ0) is 11.5. The minimum absolute atomic E-state index is 0.279. The van der Waals surface area contributed by atoms with Gasteiger partial charge in [-0.05, 0) is 23.4 Å². The van der Waals surface area contributed by atoms with Gasteiger partial charge in [-0.3, -0.25) is 9.59 Å². The number of amides is 1. The first-order valence-electron chi connectivity index (χ1n) is 4.96. The molecule has 0 bridgehead atoms. The van der Waals surface area contributed by atoms with E-state index in [1.165, 1.54) is 11.3 Å². The van der Waals surface area contributed by atoms with Gasteiger partial charge in [0.1, 0.15) is 0 Å². The number of hydrogen-bond acceptors (Lipinski definition) is 3. The minimum atomic E-state index is -0.341. The third-order valence-electron chi connectivity index (χ3n) is 2.46. The van der Waals surface area contributed by atoms with Gasteiger partial charge in [-0.1, -0.05) is 18.2 Å². The summed E-state index contributed by atoms with van der Waals surface area (Å²) in [6.45, 7) is 0. The van der Waals surface area contributed by atoms with Crippen LogP contribution in [-0.2, 0) is 11.2 Å². The Morgan fingerprint density at radius 1 is 1.38 bits per heavy atom. The summed E-state index contributed by atoms with van der Waals surface area (Å²) in [6, 6.07) is 7.80. The Bertz CT molecular complexity index is 545. The molecule has 1 aromatic carbocycles. The van der Waals surface area contributed by atoms with Gasteiger partial charge < -0.3 is 5.73 Å². The van der Waals surface area contributed by atoms with Crippen molar-refractivity contribution in [1.29, 1.82) is 0 Å². The van der Waals surface area contributed by atoms with E-state index in [-0.39, 0.29) is 12.3 Å². The SMILES string of the molecule is NC(=O)CCc1c(C=O)sc2ccccc12. The summed E-state index contributed by atoms with van der Waals surface area (Å²) < 4.78 is 1.07. The minimum Gasteiger partial charge on any atom is -0.370 e. The molecule has 0 aliphatic heterocycles. The van der Waals surface area contributed by atoms with Crippen LogP contribution in [0.4, 0.5) is 0 Å². The number of hydrogen-bond donors (Lipinski definition) is 1. The first kappa shape index (κ1) is 10.8. The Labute approximate surface area is 96.9 Å². The molecule has 0 saturated heterocycles. The number of aryl methyl sites for hydroxylation is 1. The number of primary amides is 1. The third-order valence-corrected chi connectivity index (χ3v) is 3.60. The van der Waals surface area contributed by atoms with Crippen molar-refractivity contribution < 1.29 is 9.59 Å². The normalized spacial score (nSPS) is 10.5. The van der Waals surface area contributed by atoms with Gasteiger partial charge in [0.25, 0.3) is 0 Å². The van der Waals surface area contributed by atoms with E-state index in [2.05, 4.69) is 0 Å². The Balaban J connectivity index is 2.47. The van der Waals surface area contributed by atoms with Crippen LogP contribution in [0.25, 0.3) is 10.1 Å². The number of carbonyl (C=O) groups excluding carboxylic acids is 2. The van der Waals surface area contributed by atoms with Gasteiger partial charge in [0, 0.05) is 11.1 Å². The fourth-order valence-corrected chi connectivity index (χ4v) is 2.79. The van der Waals surface area contributed by atoms with Gasteiger partial charge in [0.15, 0.2) is 6.29 Å². The summed E-state index contributed by atoms with van der Waals surface area (Å²) in [4.78, 5) is 22.4. The second-order valence-electron chi connectivity index (χ2n) is 3.53. The van der Waals surface area contributed by atoms with Gasteiger partial charge in [-0.25, -0.2) is 0 Å². The molecule has 0 aliphatic rings. The monoisotopic (exact) mass is 233 g/mol. The molecule has 2 aromatic rings. The fourth-order valence-electron chi connectivity index (χ4n) is 1.72. The van der Waals surface area contributed by atoms with E-state index in [0.29, 0.717) is 11.3 Å². The summed E-state index contributed by atoms with van der Waals surface area (Å²) in [6.07, 6.45) is 1.66. The molecule has 0 fully saturated rings. The Hall–Kier alpha value is -1.68. The number of fused-ring (bicyclic) bond motifs is 1. The Kier molecular flexibility index (Phi) is 3.01. The summed E-state index contributed by atoms with van der Waals surface area (Å²) in [7, 11) is 0. The molecule has 2 N–H and O–H groups in total. The highest BCUT2D eigenvalue weighted by Crippen LogP contribution is 2.30. The topological polar surface area (TPSA) is 60.2 Å². The maximum absolute atomic E-state index is 10.9. The molecule has 0 aliphatic carbocycles. The predicted molar refractivity (Wildman–Crippen MR) is 64.7 cm³/mol. The fraction of sp³-hybridized carbons (Fsp3) is 0.167. The zero-order valence-electron chi connectivity index (χ0n) is 8.60. The van der Waals surface area contributed by atoms with Crippen LogP contribution in [0.1, 0.15) is 21.7 Å². The lowest BCUT2D eigenvalue weighted by molar-refractivity contribution is -0.117. The van der Waals surface area contributed by atoms with E-state index in [4.69, 9.17) is 5.73 Å². The predicted octanol–water partition coefficient (Wildman–Crippen LogP) is 2.13. The molecule has 1 heterocycles. The van der Waals surface area contributed by atoms with E-state index in [1.807, 2.05) is 24.3 Å². The number of thiophene rings is 1. The average Bonchev–Trinajstić information content (AvgIpc) is 2.64. The summed E-state index contributed by atoms with van der Waals surface area (Å²) in [5.74, 6) is -0.341. The molecule has 2 rings (SSSR count). The van der Waals surface area contributed by atoms with Crippen molar-refractivity contribution in [1.82, 2.24) is 0 Å². The van der Waals surface area contributed by atoms with Crippen LogP contribution in [0.15, 0.2) is 24.3 Å². The zero-order valence-corrected chi connectivity index (χ0v) is 9.42. The number of carbonyl (C=O) groups is 2. The first-order valence-corrected chi connectivity index (χ1v) is 5.78. The molecule has 1 aromatic heterocycles. The van der Waals surface area contributed by atoms with Crippen LogP contribution >= 0.6 is 11.3 Å². The molecule has 4 heteroatoms. The molecule has 1 amide bonds. The van der Waals surface area contributed by atoms with Crippen LogP contribution < -0.4 is 5.73 Å². The highest BCUT2D eigenvalue weighted by Gasteiger charge is 2.11. The quantitative estimate of drug-likeness (QED) is 0.822. The molecular formula is C12H11NO2S. The van der Waals surface area contributed by atoms with Crippen molar-refractivity contribution in [2.75, 3.05) is 0 Å². The van der Waals surface area contributed by atoms with Crippen LogP contribution in [0.2, 0.25) is 0 Å². The van der Waals surface area contributed by atoms with E-state index < -0.39 is 0 Å².